The number of hydrogen-bond donors (Lipinski definition) is 5. The first kappa shape index (κ1) is 26.3. The zero-order valence-electron chi connectivity index (χ0n) is 19.8. The lowest BCUT2D eigenvalue weighted by atomic mass is 9.98. The molecule has 1 aromatic carbocycles. The number of rotatable bonds is 8. The second kappa shape index (κ2) is 10.1. The molecule has 2 aromatic rings. The number of hydrogen-bond acceptors (Lipinski definition) is 9. The van der Waals surface area contributed by atoms with E-state index in [1.165, 1.54) is 6.07 Å². The van der Waals surface area contributed by atoms with E-state index in [1.54, 1.807) is 23.7 Å². The predicted molar refractivity (Wildman–Crippen MR) is 118 cm³/mol. The summed E-state index contributed by atoms with van der Waals surface area (Å²) in [5.74, 6) is -3.10. The standard InChI is InChI=1S/C23H33FN2O8/c1-11(2)26-13(5)16(8-14-6-7-15(9-17(14)24)32-12(3)4)22(25-26)34-23(31)21(30)20(29)19(28)18(10-27)33-23/h6-7,9,11-12,18-21,27-31H,8,10H2,1-5H3/t18-,19-,20-,21-,23?/m1/s1. The van der Waals surface area contributed by atoms with Crippen LogP contribution in [0.25, 0.3) is 0 Å². The summed E-state index contributed by atoms with van der Waals surface area (Å²) in [5, 5.41) is 55.1. The van der Waals surface area contributed by atoms with E-state index >= 15 is 0 Å². The van der Waals surface area contributed by atoms with Gasteiger partial charge in [-0.2, -0.15) is 0 Å². The maximum Gasteiger partial charge on any atom is 0.356 e. The maximum atomic E-state index is 14.9. The Morgan fingerprint density at radius 2 is 1.85 bits per heavy atom. The van der Waals surface area contributed by atoms with E-state index in [2.05, 4.69) is 5.10 Å². The molecule has 0 bridgehead atoms. The van der Waals surface area contributed by atoms with Crippen molar-refractivity contribution in [1.82, 2.24) is 9.78 Å². The van der Waals surface area contributed by atoms with Crippen molar-refractivity contribution >= 4 is 0 Å². The van der Waals surface area contributed by atoms with Gasteiger partial charge in [0, 0.05) is 29.8 Å². The summed E-state index contributed by atoms with van der Waals surface area (Å²) in [7, 11) is 0. The van der Waals surface area contributed by atoms with Gasteiger partial charge in [-0.3, -0.25) is 4.68 Å². The molecule has 10 nitrogen and oxygen atoms in total. The second-order valence-corrected chi connectivity index (χ2v) is 9.00. The minimum atomic E-state index is -2.82. The van der Waals surface area contributed by atoms with Gasteiger partial charge in [-0.25, -0.2) is 4.39 Å². The van der Waals surface area contributed by atoms with Gasteiger partial charge in [-0.05, 0) is 46.2 Å². The van der Waals surface area contributed by atoms with Gasteiger partial charge >= 0.3 is 5.97 Å². The molecule has 0 spiro atoms. The van der Waals surface area contributed by atoms with Crippen LogP contribution in [0.15, 0.2) is 18.2 Å². The van der Waals surface area contributed by atoms with E-state index in [-0.39, 0.29) is 24.4 Å². The summed E-state index contributed by atoms with van der Waals surface area (Å²) in [6.07, 6.45) is -7.10. The Balaban J connectivity index is 1.97. The first-order valence-electron chi connectivity index (χ1n) is 11.1. The van der Waals surface area contributed by atoms with Gasteiger partial charge in [0.25, 0.3) is 0 Å². The van der Waals surface area contributed by atoms with Gasteiger partial charge in [0.1, 0.15) is 29.9 Å². The van der Waals surface area contributed by atoms with E-state index in [1.807, 2.05) is 27.7 Å². The van der Waals surface area contributed by atoms with E-state index < -0.39 is 42.8 Å². The van der Waals surface area contributed by atoms with Crippen LogP contribution in [0.4, 0.5) is 4.39 Å². The predicted octanol–water partition coefficient (Wildman–Crippen LogP) is 0.788. The van der Waals surface area contributed by atoms with E-state index in [4.69, 9.17) is 14.2 Å². The molecule has 5 N–H and O–H groups in total. The number of benzene rings is 1. The minimum absolute atomic E-state index is 0.0302. The van der Waals surface area contributed by atoms with Crippen LogP contribution in [0.5, 0.6) is 11.6 Å². The first-order chi connectivity index (χ1) is 15.9. The van der Waals surface area contributed by atoms with Crippen molar-refractivity contribution in [2.75, 3.05) is 6.61 Å². The van der Waals surface area contributed by atoms with Gasteiger partial charge in [0.2, 0.25) is 5.88 Å². The molecule has 0 aliphatic carbocycles. The van der Waals surface area contributed by atoms with Crippen LogP contribution in [0.3, 0.4) is 0 Å². The minimum Gasteiger partial charge on any atom is -0.491 e. The van der Waals surface area contributed by atoms with E-state index in [0.717, 1.165) is 0 Å². The van der Waals surface area contributed by atoms with Crippen LogP contribution in [0, 0.1) is 12.7 Å². The Morgan fingerprint density at radius 3 is 2.41 bits per heavy atom. The first-order valence-corrected chi connectivity index (χ1v) is 11.1. The Kier molecular flexibility index (Phi) is 7.85. The molecule has 1 unspecified atom stereocenters. The van der Waals surface area contributed by atoms with Crippen LogP contribution < -0.4 is 9.47 Å². The third-order valence-corrected chi connectivity index (χ3v) is 5.66. The van der Waals surface area contributed by atoms with Crippen molar-refractivity contribution in [3.63, 3.8) is 0 Å². The highest BCUT2D eigenvalue weighted by molar-refractivity contribution is 5.39. The second-order valence-electron chi connectivity index (χ2n) is 9.00. The monoisotopic (exact) mass is 484 g/mol. The Hall–Kier alpha value is -2.28. The zero-order chi connectivity index (χ0) is 25.4. The number of aromatic nitrogens is 2. The fourth-order valence-corrected chi connectivity index (χ4v) is 3.87. The average molecular weight is 485 g/mol. The van der Waals surface area contributed by atoms with E-state index in [0.29, 0.717) is 22.6 Å². The van der Waals surface area contributed by atoms with Crippen molar-refractivity contribution < 1.29 is 44.1 Å². The lowest BCUT2D eigenvalue weighted by Gasteiger charge is -2.43. The normalized spacial score (nSPS) is 27.4. The summed E-state index contributed by atoms with van der Waals surface area (Å²) in [5.41, 5.74) is 1.35. The molecule has 1 aliphatic rings. The molecule has 1 fully saturated rings. The maximum absolute atomic E-state index is 14.9. The van der Waals surface area contributed by atoms with Crippen molar-refractivity contribution in [2.45, 2.75) is 83.6 Å². The summed E-state index contributed by atoms with van der Waals surface area (Å²) < 4.78 is 32.7. The Morgan fingerprint density at radius 1 is 1.18 bits per heavy atom. The highest BCUT2D eigenvalue weighted by atomic mass is 19.1. The molecule has 1 aromatic heterocycles. The molecule has 34 heavy (non-hydrogen) atoms. The fraction of sp³-hybridized carbons (Fsp3) is 0.609. The molecule has 0 radical (unpaired) electrons. The quantitative estimate of drug-likeness (QED) is 0.343. The van der Waals surface area contributed by atoms with Crippen LogP contribution in [-0.4, -0.2) is 78.4 Å². The number of aliphatic hydroxyl groups is 5. The van der Waals surface area contributed by atoms with Crippen molar-refractivity contribution in [1.29, 1.82) is 0 Å². The summed E-state index contributed by atoms with van der Waals surface area (Å²) >= 11 is 0. The van der Waals surface area contributed by atoms with Gasteiger partial charge in [-0.15, -0.1) is 5.10 Å². The molecule has 2 heterocycles. The molecule has 3 rings (SSSR count). The third kappa shape index (κ3) is 5.19. The molecule has 11 heteroatoms. The molecule has 190 valence electrons. The highest BCUT2D eigenvalue weighted by Crippen LogP contribution is 2.35. The zero-order valence-corrected chi connectivity index (χ0v) is 19.8. The number of ether oxygens (including phenoxy) is 3. The average Bonchev–Trinajstić information content (AvgIpc) is 3.06. The topological polar surface area (TPSA) is 147 Å². The molecule has 1 aliphatic heterocycles. The molecule has 1 saturated heterocycles. The lowest BCUT2D eigenvalue weighted by Crippen LogP contribution is -2.67. The van der Waals surface area contributed by atoms with Crippen LogP contribution in [0.1, 0.15) is 50.6 Å². The molecule has 0 amide bonds. The Bertz CT molecular complexity index is 996. The Labute approximate surface area is 197 Å². The van der Waals surface area contributed by atoms with Gasteiger partial charge in [-0.1, -0.05) is 6.07 Å². The largest absolute Gasteiger partial charge is 0.491 e. The molecule has 0 saturated carbocycles. The summed E-state index contributed by atoms with van der Waals surface area (Å²) in [6, 6.07) is 4.38. The highest BCUT2D eigenvalue weighted by Gasteiger charge is 2.55. The van der Waals surface area contributed by atoms with E-state index in [9.17, 15) is 29.9 Å². The fourth-order valence-electron chi connectivity index (χ4n) is 3.87. The van der Waals surface area contributed by atoms with Gasteiger partial charge in [0.05, 0.1) is 12.7 Å². The number of halogens is 1. The smallest absolute Gasteiger partial charge is 0.356 e. The van der Waals surface area contributed by atoms with Crippen LogP contribution in [0.2, 0.25) is 0 Å². The lowest BCUT2D eigenvalue weighted by molar-refractivity contribution is -0.423. The molecular weight excluding hydrogens is 451 g/mol. The van der Waals surface area contributed by atoms with Crippen molar-refractivity contribution in [2.24, 2.45) is 0 Å². The number of aliphatic hydroxyl groups excluding tert-OH is 4. The number of nitrogens with zero attached hydrogens (tertiary/aromatic N) is 2. The van der Waals surface area contributed by atoms with Crippen LogP contribution >= 0.6 is 0 Å². The SMILES string of the molecule is Cc1c(Cc2ccc(OC(C)C)cc2F)c(OC2(O)O[C@H](CO)[C@@H](O)[C@@H](O)[C@H]2O)nn1C(C)C. The third-order valence-electron chi connectivity index (χ3n) is 5.66. The molecular formula is C23H33FN2O8. The van der Waals surface area contributed by atoms with Crippen LogP contribution in [-0.2, 0) is 11.2 Å². The van der Waals surface area contributed by atoms with Gasteiger partial charge in [0.15, 0.2) is 6.10 Å². The van der Waals surface area contributed by atoms with Gasteiger partial charge < -0.3 is 39.7 Å². The summed E-state index contributed by atoms with van der Waals surface area (Å²) in [6.45, 7) is 8.41. The molecule has 5 atom stereocenters. The van der Waals surface area contributed by atoms with Crippen molar-refractivity contribution in [3.8, 4) is 11.6 Å². The van der Waals surface area contributed by atoms with Crippen molar-refractivity contribution in [3.05, 3.63) is 40.8 Å². The summed E-state index contributed by atoms with van der Waals surface area (Å²) in [4.78, 5) is 0.